The van der Waals surface area contributed by atoms with Crippen LogP contribution in [0, 0.1) is 0 Å². The predicted molar refractivity (Wildman–Crippen MR) is 77.0 cm³/mol. The molecule has 0 spiro atoms. The number of benzene rings is 1. The molecule has 4 nitrogen and oxygen atoms in total. The number of halogens is 2. The zero-order chi connectivity index (χ0) is 15.7. The van der Waals surface area contributed by atoms with Gasteiger partial charge in [-0.05, 0) is 24.1 Å². The van der Waals surface area contributed by atoms with Crippen molar-refractivity contribution in [2.24, 2.45) is 0 Å². The van der Waals surface area contributed by atoms with E-state index in [4.69, 9.17) is 9.47 Å². The van der Waals surface area contributed by atoms with E-state index in [1.165, 1.54) is 7.11 Å². The van der Waals surface area contributed by atoms with E-state index in [1.54, 1.807) is 19.2 Å². The molecule has 0 saturated carbocycles. The quantitative estimate of drug-likeness (QED) is 0.720. The van der Waals surface area contributed by atoms with Crippen LogP contribution in [0.25, 0.3) is 0 Å². The van der Waals surface area contributed by atoms with Gasteiger partial charge in [0, 0.05) is 19.7 Å². The maximum Gasteiger partial charge on any atom is 0.387 e. The van der Waals surface area contributed by atoms with Crippen molar-refractivity contribution >= 4 is 0 Å². The fourth-order valence-electron chi connectivity index (χ4n) is 2.08. The van der Waals surface area contributed by atoms with Gasteiger partial charge in [-0.2, -0.15) is 8.78 Å². The van der Waals surface area contributed by atoms with Crippen LogP contribution >= 0.6 is 0 Å². The van der Waals surface area contributed by atoms with Gasteiger partial charge in [0.2, 0.25) is 0 Å². The monoisotopic (exact) mass is 303 g/mol. The summed E-state index contributed by atoms with van der Waals surface area (Å²) in [6.07, 6.45) is 2.04. The summed E-state index contributed by atoms with van der Waals surface area (Å²) in [5, 5.41) is 3.35. The van der Waals surface area contributed by atoms with Crippen LogP contribution in [0.3, 0.4) is 0 Å². The fraction of sp³-hybridized carbons (Fsp3) is 0.600. The molecule has 6 heteroatoms. The van der Waals surface area contributed by atoms with Crippen molar-refractivity contribution in [2.75, 3.05) is 20.8 Å². The van der Waals surface area contributed by atoms with Crippen LogP contribution in [0.15, 0.2) is 18.2 Å². The molecule has 0 aromatic heterocycles. The molecule has 0 aliphatic heterocycles. The first-order chi connectivity index (χ1) is 10.1. The molecule has 0 saturated heterocycles. The van der Waals surface area contributed by atoms with Crippen LogP contribution in [-0.2, 0) is 11.3 Å². The van der Waals surface area contributed by atoms with Crippen molar-refractivity contribution in [1.82, 2.24) is 5.32 Å². The van der Waals surface area contributed by atoms with Gasteiger partial charge < -0.3 is 19.5 Å². The highest BCUT2D eigenvalue weighted by atomic mass is 19.3. The van der Waals surface area contributed by atoms with Gasteiger partial charge in [-0.1, -0.05) is 19.4 Å². The Morgan fingerprint density at radius 3 is 2.52 bits per heavy atom. The van der Waals surface area contributed by atoms with E-state index in [2.05, 4.69) is 17.0 Å². The molecule has 0 radical (unpaired) electrons. The minimum absolute atomic E-state index is 0.0468. The smallest absolute Gasteiger partial charge is 0.387 e. The highest BCUT2D eigenvalue weighted by molar-refractivity contribution is 5.43. The molecule has 1 aromatic rings. The van der Waals surface area contributed by atoms with E-state index in [-0.39, 0.29) is 11.8 Å². The van der Waals surface area contributed by atoms with Crippen LogP contribution in [-0.4, -0.2) is 33.5 Å². The number of alkyl halides is 2. The van der Waals surface area contributed by atoms with Crippen molar-refractivity contribution in [2.45, 2.75) is 39.0 Å². The largest absolute Gasteiger partial charge is 0.493 e. The third kappa shape index (κ3) is 6.27. The van der Waals surface area contributed by atoms with Crippen molar-refractivity contribution < 1.29 is 23.0 Å². The first-order valence-electron chi connectivity index (χ1n) is 6.94. The van der Waals surface area contributed by atoms with E-state index in [0.717, 1.165) is 18.4 Å². The molecule has 0 bridgehead atoms. The first kappa shape index (κ1) is 17.7. The minimum atomic E-state index is -2.87. The molecular weight excluding hydrogens is 280 g/mol. The van der Waals surface area contributed by atoms with Crippen molar-refractivity contribution in [3.05, 3.63) is 23.8 Å². The molecule has 1 rings (SSSR count). The van der Waals surface area contributed by atoms with Gasteiger partial charge in [0.25, 0.3) is 0 Å². The number of ether oxygens (including phenoxy) is 3. The molecule has 0 aliphatic carbocycles. The summed E-state index contributed by atoms with van der Waals surface area (Å²) >= 11 is 0. The number of methoxy groups -OCH3 is 2. The lowest BCUT2D eigenvalue weighted by molar-refractivity contribution is -0.0512. The number of nitrogens with one attached hydrogen (secondary N) is 1. The second-order valence-corrected chi connectivity index (χ2v) is 4.69. The first-order valence-corrected chi connectivity index (χ1v) is 6.94. The predicted octanol–water partition coefficient (Wildman–Crippen LogP) is 3.20. The molecule has 21 heavy (non-hydrogen) atoms. The van der Waals surface area contributed by atoms with E-state index >= 15 is 0 Å². The zero-order valence-electron chi connectivity index (χ0n) is 12.7. The Morgan fingerprint density at radius 1 is 1.19 bits per heavy atom. The maximum atomic E-state index is 12.4. The Balaban J connectivity index is 2.69. The standard InChI is InChI=1S/C15H23F2NO3/c1-4-5-12(10-19-2)18-9-11-6-7-13(20-3)14(8-11)21-15(16)17/h6-8,12,15,18H,4-5,9-10H2,1-3H3. The summed E-state index contributed by atoms with van der Waals surface area (Å²) in [5.41, 5.74) is 0.851. The summed E-state index contributed by atoms with van der Waals surface area (Å²) in [7, 11) is 3.08. The molecule has 0 heterocycles. The van der Waals surface area contributed by atoms with E-state index in [0.29, 0.717) is 18.9 Å². The molecule has 1 N–H and O–H groups in total. The van der Waals surface area contributed by atoms with Gasteiger partial charge in [-0.15, -0.1) is 0 Å². The Labute approximate surface area is 124 Å². The van der Waals surface area contributed by atoms with Crippen LogP contribution in [0.2, 0.25) is 0 Å². The summed E-state index contributed by atoms with van der Waals surface area (Å²) < 4.78 is 39.4. The third-order valence-electron chi connectivity index (χ3n) is 3.04. The average molecular weight is 303 g/mol. The lowest BCUT2D eigenvalue weighted by Crippen LogP contribution is -2.32. The summed E-state index contributed by atoms with van der Waals surface area (Å²) in [6, 6.07) is 5.25. The molecule has 1 unspecified atom stereocenters. The van der Waals surface area contributed by atoms with Crippen LogP contribution in [0.1, 0.15) is 25.3 Å². The molecule has 1 atom stereocenters. The lowest BCUT2D eigenvalue weighted by atomic mass is 10.1. The molecule has 120 valence electrons. The third-order valence-corrected chi connectivity index (χ3v) is 3.04. The highest BCUT2D eigenvalue weighted by Crippen LogP contribution is 2.29. The van der Waals surface area contributed by atoms with Gasteiger partial charge in [0.15, 0.2) is 11.5 Å². The highest BCUT2D eigenvalue weighted by Gasteiger charge is 2.12. The summed E-state index contributed by atoms with van der Waals surface area (Å²) in [5.74, 6) is 0.339. The molecule has 0 fully saturated rings. The molecular formula is C15H23F2NO3. The average Bonchev–Trinajstić information content (AvgIpc) is 2.45. The normalized spacial score (nSPS) is 12.5. The number of rotatable bonds is 10. The Hall–Kier alpha value is -1.40. The molecule has 0 aliphatic rings. The van der Waals surface area contributed by atoms with Gasteiger partial charge in [-0.3, -0.25) is 0 Å². The summed E-state index contributed by atoms with van der Waals surface area (Å²) in [6.45, 7) is 0.400. The van der Waals surface area contributed by atoms with Crippen LogP contribution < -0.4 is 14.8 Å². The molecule has 0 amide bonds. The van der Waals surface area contributed by atoms with Gasteiger partial charge in [0.05, 0.1) is 13.7 Å². The van der Waals surface area contributed by atoms with E-state index < -0.39 is 6.61 Å². The Morgan fingerprint density at radius 2 is 1.95 bits per heavy atom. The number of hydrogen-bond acceptors (Lipinski definition) is 4. The van der Waals surface area contributed by atoms with Crippen molar-refractivity contribution in [1.29, 1.82) is 0 Å². The maximum absolute atomic E-state index is 12.4. The second-order valence-electron chi connectivity index (χ2n) is 4.69. The van der Waals surface area contributed by atoms with Gasteiger partial charge in [0.1, 0.15) is 0 Å². The van der Waals surface area contributed by atoms with Crippen molar-refractivity contribution in [3.8, 4) is 11.5 Å². The number of hydrogen-bond donors (Lipinski definition) is 1. The SMILES string of the molecule is CCCC(COC)NCc1ccc(OC)c(OC(F)F)c1. The van der Waals surface area contributed by atoms with Crippen LogP contribution in [0.5, 0.6) is 11.5 Å². The van der Waals surface area contributed by atoms with Gasteiger partial charge in [-0.25, -0.2) is 0 Å². The lowest BCUT2D eigenvalue weighted by Gasteiger charge is -2.18. The van der Waals surface area contributed by atoms with Gasteiger partial charge >= 0.3 is 6.61 Å². The van der Waals surface area contributed by atoms with E-state index in [9.17, 15) is 8.78 Å². The topological polar surface area (TPSA) is 39.7 Å². The summed E-state index contributed by atoms with van der Waals surface area (Å²) in [4.78, 5) is 0. The van der Waals surface area contributed by atoms with Crippen LogP contribution in [0.4, 0.5) is 8.78 Å². The van der Waals surface area contributed by atoms with E-state index in [1.807, 2.05) is 6.07 Å². The second kappa shape index (κ2) is 9.52. The van der Waals surface area contributed by atoms with Crippen molar-refractivity contribution in [3.63, 3.8) is 0 Å². The minimum Gasteiger partial charge on any atom is -0.493 e. The Kier molecular flexibility index (Phi) is 8.00. The Bertz CT molecular complexity index is 410. The molecule has 1 aromatic carbocycles. The fourth-order valence-corrected chi connectivity index (χ4v) is 2.08. The zero-order valence-corrected chi connectivity index (χ0v) is 12.7.